The smallest absolute Gasteiger partial charge is 0.277 e. The van der Waals surface area contributed by atoms with Crippen molar-refractivity contribution in [3.05, 3.63) is 63.4 Å². The van der Waals surface area contributed by atoms with Gasteiger partial charge in [0.25, 0.3) is 5.22 Å². The molecule has 0 unspecified atom stereocenters. The Morgan fingerprint density at radius 1 is 1.03 bits per heavy atom. The van der Waals surface area contributed by atoms with Gasteiger partial charge in [0.2, 0.25) is 11.8 Å². The van der Waals surface area contributed by atoms with E-state index in [9.17, 15) is 4.79 Å². The third kappa shape index (κ3) is 5.33. The van der Waals surface area contributed by atoms with E-state index in [4.69, 9.17) is 27.6 Å². The SMILES string of the molecule is O=C(CSc1nnc(CCc2nc3ccccc3s2)o1)N1CCN(c2cccc(Cl)c2Cl)CC1. The Balaban J connectivity index is 1.08. The number of carbonyl (C=O) groups is 1. The fourth-order valence-electron chi connectivity index (χ4n) is 3.79. The molecule has 4 aromatic rings. The number of piperazine rings is 1. The Kier molecular flexibility index (Phi) is 7.24. The van der Waals surface area contributed by atoms with E-state index in [1.54, 1.807) is 17.4 Å². The molecule has 11 heteroatoms. The first-order valence-electron chi connectivity index (χ1n) is 10.8. The standard InChI is InChI=1S/C23H21Cl2N5O2S2/c24-15-4-3-6-17(22(15)25)29-10-12-30(13-11-29)21(31)14-33-23-28-27-19(32-23)8-9-20-26-16-5-1-2-7-18(16)34-20/h1-7H,8-14H2. The Bertz CT molecular complexity index is 1270. The van der Waals surface area contributed by atoms with Crippen molar-refractivity contribution in [2.75, 3.05) is 36.8 Å². The molecule has 5 rings (SSSR count). The van der Waals surface area contributed by atoms with Crippen LogP contribution in [-0.4, -0.2) is 57.9 Å². The molecule has 176 valence electrons. The number of aryl methyl sites for hydroxylation is 2. The number of thioether (sulfide) groups is 1. The molecule has 2 aromatic carbocycles. The van der Waals surface area contributed by atoms with Gasteiger partial charge in [0, 0.05) is 39.0 Å². The van der Waals surface area contributed by atoms with Crippen LogP contribution in [0, 0.1) is 0 Å². The first-order valence-corrected chi connectivity index (χ1v) is 13.4. The number of hydrogen-bond donors (Lipinski definition) is 0. The molecule has 34 heavy (non-hydrogen) atoms. The number of anilines is 1. The summed E-state index contributed by atoms with van der Waals surface area (Å²) in [5, 5.41) is 10.7. The van der Waals surface area contributed by atoms with Crippen molar-refractivity contribution in [2.45, 2.75) is 18.1 Å². The van der Waals surface area contributed by atoms with E-state index in [-0.39, 0.29) is 11.7 Å². The molecule has 3 heterocycles. The summed E-state index contributed by atoms with van der Waals surface area (Å²) in [5.41, 5.74) is 1.92. The highest BCUT2D eigenvalue weighted by atomic mass is 35.5. The number of carbonyl (C=O) groups excluding carboxylic acids is 1. The second-order valence-electron chi connectivity index (χ2n) is 7.77. The molecule has 1 aliphatic rings. The van der Waals surface area contributed by atoms with Crippen molar-refractivity contribution in [3.8, 4) is 0 Å². The van der Waals surface area contributed by atoms with Crippen LogP contribution in [-0.2, 0) is 17.6 Å². The summed E-state index contributed by atoms with van der Waals surface area (Å²) in [6, 6.07) is 13.7. The minimum absolute atomic E-state index is 0.0519. The Labute approximate surface area is 215 Å². The molecule has 0 N–H and O–H groups in total. The number of thiazole rings is 1. The first-order chi connectivity index (χ1) is 16.6. The Hall–Kier alpha value is -2.33. The van der Waals surface area contributed by atoms with E-state index in [1.165, 1.54) is 16.5 Å². The molecule has 1 fully saturated rings. The minimum Gasteiger partial charge on any atom is -0.416 e. The number of hydrogen-bond acceptors (Lipinski definition) is 8. The number of halogens is 2. The average Bonchev–Trinajstić information content (AvgIpc) is 3.49. The van der Waals surface area contributed by atoms with E-state index in [0.29, 0.717) is 53.8 Å². The Morgan fingerprint density at radius 2 is 1.85 bits per heavy atom. The van der Waals surface area contributed by atoms with Crippen LogP contribution in [0.25, 0.3) is 10.2 Å². The number of fused-ring (bicyclic) bond motifs is 1. The number of amides is 1. The molecule has 0 atom stereocenters. The van der Waals surface area contributed by atoms with Gasteiger partial charge in [-0.3, -0.25) is 4.79 Å². The number of nitrogens with zero attached hydrogens (tertiary/aromatic N) is 5. The van der Waals surface area contributed by atoms with Crippen LogP contribution < -0.4 is 4.90 Å². The summed E-state index contributed by atoms with van der Waals surface area (Å²) < 4.78 is 6.90. The second kappa shape index (κ2) is 10.5. The van der Waals surface area contributed by atoms with Crippen molar-refractivity contribution >= 4 is 68.1 Å². The molecular weight excluding hydrogens is 513 g/mol. The van der Waals surface area contributed by atoms with Crippen LogP contribution in [0.15, 0.2) is 52.1 Å². The second-order valence-corrected chi connectivity index (χ2v) is 10.6. The van der Waals surface area contributed by atoms with Gasteiger partial charge in [0.1, 0.15) is 0 Å². The lowest BCUT2D eigenvalue weighted by Gasteiger charge is -2.36. The highest BCUT2D eigenvalue weighted by molar-refractivity contribution is 7.99. The van der Waals surface area contributed by atoms with Gasteiger partial charge < -0.3 is 14.2 Å². The summed E-state index contributed by atoms with van der Waals surface area (Å²) in [4.78, 5) is 21.3. The zero-order valence-corrected chi connectivity index (χ0v) is 21.3. The maximum atomic E-state index is 12.7. The topological polar surface area (TPSA) is 75.4 Å². The van der Waals surface area contributed by atoms with E-state index in [0.717, 1.165) is 22.6 Å². The maximum absolute atomic E-state index is 12.7. The van der Waals surface area contributed by atoms with Crippen LogP contribution >= 0.6 is 46.3 Å². The third-order valence-corrected chi connectivity index (χ3v) is 8.27. The van der Waals surface area contributed by atoms with Crippen molar-refractivity contribution in [3.63, 3.8) is 0 Å². The van der Waals surface area contributed by atoms with Gasteiger partial charge >= 0.3 is 0 Å². The van der Waals surface area contributed by atoms with Crippen molar-refractivity contribution in [1.29, 1.82) is 0 Å². The molecule has 0 saturated carbocycles. The maximum Gasteiger partial charge on any atom is 0.277 e. The van der Waals surface area contributed by atoms with E-state index < -0.39 is 0 Å². The molecule has 1 aliphatic heterocycles. The number of benzene rings is 2. The zero-order valence-electron chi connectivity index (χ0n) is 18.1. The quantitative estimate of drug-likeness (QED) is 0.301. The lowest BCUT2D eigenvalue weighted by Crippen LogP contribution is -2.49. The van der Waals surface area contributed by atoms with Gasteiger partial charge in [0.05, 0.1) is 36.7 Å². The van der Waals surface area contributed by atoms with Gasteiger partial charge in [-0.15, -0.1) is 21.5 Å². The number of rotatable bonds is 7. The molecule has 1 saturated heterocycles. The minimum atomic E-state index is 0.0519. The van der Waals surface area contributed by atoms with Crippen LogP contribution in [0.5, 0.6) is 0 Å². The van der Waals surface area contributed by atoms with Crippen LogP contribution in [0.4, 0.5) is 5.69 Å². The lowest BCUT2D eigenvalue weighted by atomic mass is 10.2. The molecule has 0 radical (unpaired) electrons. The van der Waals surface area contributed by atoms with Crippen molar-refractivity contribution in [2.24, 2.45) is 0 Å². The molecule has 0 spiro atoms. The average molecular weight is 534 g/mol. The normalized spacial score (nSPS) is 14.2. The van der Waals surface area contributed by atoms with E-state index >= 15 is 0 Å². The van der Waals surface area contributed by atoms with Gasteiger partial charge in [-0.25, -0.2) is 4.98 Å². The number of aromatic nitrogens is 3. The molecular formula is C23H21Cl2N5O2S2. The number of para-hydroxylation sites is 1. The zero-order chi connectivity index (χ0) is 23.5. The van der Waals surface area contributed by atoms with Gasteiger partial charge in [-0.1, -0.05) is 53.2 Å². The lowest BCUT2D eigenvalue weighted by molar-refractivity contribution is -0.128. The Morgan fingerprint density at radius 3 is 2.68 bits per heavy atom. The highest BCUT2D eigenvalue weighted by Gasteiger charge is 2.23. The molecule has 0 aliphatic carbocycles. The van der Waals surface area contributed by atoms with E-state index in [1.807, 2.05) is 35.2 Å². The highest BCUT2D eigenvalue weighted by Crippen LogP contribution is 2.33. The predicted octanol–water partition coefficient (Wildman–Crippen LogP) is 5.21. The fraction of sp³-hybridized carbons (Fsp3) is 0.304. The summed E-state index contributed by atoms with van der Waals surface area (Å²) in [6.07, 6.45) is 1.36. The van der Waals surface area contributed by atoms with Crippen molar-refractivity contribution < 1.29 is 9.21 Å². The first kappa shape index (κ1) is 23.4. The van der Waals surface area contributed by atoms with Gasteiger partial charge in [0.15, 0.2) is 0 Å². The van der Waals surface area contributed by atoms with Gasteiger partial charge in [-0.05, 0) is 24.3 Å². The van der Waals surface area contributed by atoms with Gasteiger partial charge in [-0.2, -0.15) is 0 Å². The largest absolute Gasteiger partial charge is 0.416 e. The monoisotopic (exact) mass is 533 g/mol. The molecule has 2 aromatic heterocycles. The summed E-state index contributed by atoms with van der Waals surface area (Å²) in [6.45, 7) is 2.65. The molecule has 7 nitrogen and oxygen atoms in total. The summed E-state index contributed by atoms with van der Waals surface area (Å²) in [5.74, 6) is 0.870. The predicted molar refractivity (Wildman–Crippen MR) is 137 cm³/mol. The van der Waals surface area contributed by atoms with Crippen LogP contribution in [0.1, 0.15) is 10.9 Å². The molecule has 1 amide bonds. The summed E-state index contributed by atoms with van der Waals surface area (Å²) >= 11 is 15.4. The van der Waals surface area contributed by atoms with Crippen LogP contribution in [0.3, 0.4) is 0 Å². The fourth-order valence-corrected chi connectivity index (χ4v) is 5.85. The van der Waals surface area contributed by atoms with Crippen LogP contribution in [0.2, 0.25) is 10.0 Å². The molecule has 0 bridgehead atoms. The van der Waals surface area contributed by atoms with Crippen molar-refractivity contribution in [1.82, 2.24) is 20.1 Å². The summed E-state index contributed by atoms with van der Waals surface area (Å²) in [7, 11) is 0. The van der Waals surface area contributed by atoms with E-state index in [2.05, 4.69) is 26.1 Å². The third-order valence-electron chi connectivity index (χ3n) is 5.56.